The van der Waals surface area contributed by atoms with Crippen LogP contribution in [0.5, 0.6) is 0 Å². The van der Waals surface area contributed by atoms with E-state index in [0.29, 0.717) is 23.5 Å². The van der Waals surface area contributed by atoms with Gasteiger partial charge in [-0.3, -0.25) is 19.3 Å². The number of anilines is 2. The summed E-state index contributed by atoms with van der Waals surface area (Å²) >= 11 is 1.36. The SMILES string of the molecule is Cc1ncsc1C(=O)NC1CCN(CC(=O)Nc2cccc(N3CCCC3=O)c2)CC1. The Hall–Kier alpha value is -2.78. The normalized spacial score (nSPS) is 17.7. The van der Waals surface area contributed by atoms with Crippen molar-refractivity contribution in [2.24, 2.45) is 0 Å². The monoisotopic (exact) mass is 441 g/mol. The second kappa shape index (κ2) is 9.57. The number of carbonyl (C=O) groups is 3. The van der Waals surface area contributed by atoms with Gasteiger partial charge in [0.2, 0.25) is 11.8 Å². The van der Waals surface area contributed by atoms with Crippen LogP contribution in [0.25, 0.3) is 0 Å². The third-order valence-corrected chi connectivity index (χ3v) is 6.68. The van der Waals surface area contributed by atoms with Crippen LogP contribution < -0.4 is 15.5 Å². The zero-order valence-corrected chi connectivity index (χ0v) is 18.4. The molecule has 0 atom stereocenters. The van der Waals surface area contributed by atoms with Crippen LogP contribution >= 0.6 is 11.3 Å². The lowest BCUT2D eigenvalue weighted by molar-refractivity contribution is -0.118. The van der Waals surface area contributed by atoms with E-state index in [2.05, 4.69) is 20.5 Å². The van der Waals surface area contributed by atoms with Crippen molar-refractivity contribution in [3.63, 3.8) is 0 Å². The maximum atomic E-state index is 12.5. The summed E-state index contributed by atoms with van der Waals surface area (Å²) in [6, 6.07) is 7.56. The van der Waals surface area contributed by atoms with Gasteiger partial charge in [-0.05, 0) is 44.4 Å². The standard InChI is InChI=1S/C22H27N5O3S/c1-15-21(31-14-23-15)22(30)25-16-7-10-26(11-8-16)13-19(28)24-17-4-2-5-18(12-17)27-9-3-6-20(27)29/h2,4-5,12,14,16H,3,6-11,13H2,1H3,(H,24,28)(H,25,30). The molecular weight excluding hydrogens is 414 g/mol. The number of nitrogens with one attached hydrogen (secondary N) is 2. The van der Waals surface area contributed by atoms with Crippen LogP contribution in [0.15, 0.2) is 29.8 Å². The Kier molecular flexibility index (Phi) is 6.62. The molecule has 2 fully saturated rings. The molecular formula is C22H27N5O3S. The van der Waals surface area contributed by atoms with Gasteiger partial charge in [-0.1, -0.05) is 6.07 Å². The summed E-state index contributed by atoms with van der Waals surface area (Å²) < 4.78 is 0. The Morgan fingerprint density at radius 1 is 1.23 bits per heavy atom. The lowest BCUT2D eigenvalue weighted by Gasteiger charge is -2.31. The van der Waals surface area contributed by atoms with Gasteiger partial charge in [0.15, 0.2) is 0 Å². The molecule has 0 aliphatic carbocycles. The number of carbonyl (C=O) groups excluding carboxylic acids is 3. The number of aryl methyl sites for hydroxylation is 1. The smallest absolute Gasteiger partial charge is 0.263 e. The summed E-state index contributed by atoms with van der Waals surface area (Å²) in [6.45, 7) is 4.38. The van der Waals surface area contributed by atoms with Gasteiger partial charge < -0.3 is 15.5 Å². The Bertz CT molecular complexity index is 968. The molecule has 2 saturated heterocycles. The number of hydrogen-bond donors (Lipinski definition) is 2. The van der Waals surface area contributed by atoms with E-state index >= 15 is 0 Å². The molecule has 0 spiro atoms. The van der Waals surface area contributed by atoms with Crippen LogP contribution in [0.4, 0.5) is 11.4 Å². The lowest BCUT2D eigenvalue weighted by Crippen LogP contribution is -2.46. The first kappa shape index (κ1) is 21.5. The minimum atomic E-state index is -0.0762. The summed E-state index contributed by atoms with van der Waals surface area (Å²) in [6.07, 6.45) is 3.07. The fourth-order valence-corrected chi connectivity index (χ4v) is 4.79. The first-order valence-electron chi connectivity index (χ1n) is 10.6. The topological polar surface area (TPSA) is 94.6 Å². The lowest BCUT2D eigenvalue weighted by atomic mass is 10.0. The summed E-state index contributed by atoms with van der Waals surface area (Å²) in [7, 11) is 0. The summed E-state index contributed by atoms with van der Waals surface area (Å²) in [5.41, 5.74) is 3.97. The highest BCUT2D eigenvalue weighted by Crippen LogP contribution is 2.24. The number of nitrogens with zero attached hydrogens (tertiary/aromatic N) is 3. The van der Waals surface area contributed by atoms with Crippen molar-refractivity contribution in [2.75, 3.05) is 36.4 Å². The van der Waals surface area contributed by atoms with Crippen molar-refractivity contribution >= 4 is 40.4 Å². The third-order valence-electron chi connectivity index (χ3n) is 5.76. The van der Waals surface area contributed by atoms with Crippen molar-refractivity contribution in [3.05, 3.63) is 40.3 Å². The molecule has 2 N–H and O–H groups in total. The van der Waals surface area contributed by atoms with E-state index in [1.165, 1.54) is 11.3 Å². The summed E-state index contributed by atoms with van der Waals surface area (Å²) in [4.78, 5) is 45.5. The Labute approximate surface area is 185 Å². The van der Waals surface area contributed by atoms with E-state index in [9.17, 15) is 14.4 Å². The molecule has 1 aromatic carbocycles. The zero-order chi connectivity index (χ0) is 21.8. The third kappa shape index (κ3) is 5.29. The molecule has 31 heavy (non-hydrogen) atoms. The maximum Gasteiger partial charge on any atom is 0.263 e. The first-order chi connectivity index (χ1) is 15.0. The predicted octanol–water partition coefficient (Wildman–Crippen LogP) is 2.41. The number of likely N-dealkylation sites (tertiary alicyclic amines) is 1. The Morgan fingerprint density at radius 2 is 2.03 bits per heavy atom. The van der Waals surface area contributed by atoms with Crippen LogP contribution in [-0.4, -0.2) is 59.8 Å². The van der Waals surface area contributed by atoms with Gasteiger partial charge in [0.25, 0.3) is 5.91 Å². The highest BCUT2D eigenvalue weighted by Gasteiger charge is 2.24. The molecule has 3 amide bonds. The van der Waals surface area contributed by atoms with Crippen molar-refractivity contribution in [1.82, 2.24) is 15.2 Å². The fourth-order valence-electron chi connectivity index (χ4n) is 4.08. The molecule has 2 aliphatic heterocycles. The predicted molar refractivity (Wildman–Crippen MR) is 120 cm³/mol. The van der Waals surface area contributed by atoms with Crippen molar-refractivity contribution in [1.29, 1.82) is 0 Å². The molecule has 2 aromatic rings. The highest BCUT2D eigenvalue weighted by molar-refractivity contribution is 7.11. The van der Waals surface area contributed by atoms with E-state index in [1.807, 2.05) is 31.2 Å². The zero-order valence-electron chi connectivity index (χ0n) is 17.6. The van der Waals surface area contributed by atoms with Gasteiger partial charge >= 0.3 is 0 Å². The average molecular weight is 442 g/mol. The molecule has 0 bridgehead atoms. The molecule has 164 valence electrons. The molecule has 0 radical (unpaired) electrons. The quantitative estimate of drug-likeness (QED) is 0.718. The molecule has 1 aromatic heterocycles. The maximum absolute atomic E-state index is 12.5. The minimum absolute atomic E-state index is 0.0624. The van der Waals surface area contributed by atoms with Crippen molar-refractivity contribution < 1.29 is 14.4 Å². The number of hydrogen-bond acceptors (Lipinski definition) is 6. The molecule has 2 aliphatic rings. The molecule has 0 unspecified atom stereocenters. The summed E-state index contributed by atoms with van der Waals surface area (Å²) in [5.74, 6) is -0.0100. The van der Waals surface area contributed by atoms with Crippen molar-refractivity contribution in [3.8, 4) is 0 Å². The second-order valence-corrected chi connectivity index (χ2v) is 8.89. The van der Waals surface area contributed by atoms with E-state index < -0.39 is 0 Å². The molecule has 9 heteroatoms. The second-order valence-electron chi connectivity index (χ2n) is 8.04. The number of benzene rings is 1. The van der Waals surface area contributed by atoms with Crippen LogP contribution in [-0.2, 0) is 9.59 Å². The minimum Gasteiger partial charge on any atom is -0.348 e. The number of rotatable bonds is 6. The molecule has 8 nitrogen and oxygen atoms in total. The van der Waals surface area contributed by atoms with Gasteiger partial charge in [-0.25, -0.2) is 4.98 Å². The van der Waals surface area contributed by atoms with Crippen LogP contribution in [0.2, 0.25) is 0 Å². The van der Waals surface area contributed by atoms with Crippen LogP contribution in [0.3, 0.4) is 0 Å². The van der Waals surface area contributed by atoms with Gasteiger partial charge in [-0.2, -0.15) is 0 Å². The number of thiazole rings is 1. The van der Waals surface area contributed by atoms with E-state index in [-0.39, 0.29) is 23.8 Å². The van der Waals surface area contributed by atoms with Gasteiger partial charge in [-0.15, -0.1) is 11.3 Å². The van der Waals surface area contributed by atoms with Gasteiger partial charge in [0, 0.05) is 43.5 Å². The Morgan fingerprint density at radius 3 is 2.71 bits per heavy atom. The fraction of sp³-hybridized carbons (Fsp3) is 0.455. The summed E-state index contributed by atoms with van der Waals surface area (Å²) in [5, 5.41) is 6.03. The molecule has 4 rings (SSSR count). The number of piperidine rings is 1. The highest BCUT2D eigenvalue weighted by atomic mass is 32.1. The van der Waals surface area contributed by atoms with Crippen LogP contribution in [0.1, 0.15) is 41.0 Å². The van der Waals surface area contributed by atoms with Gasteiger partial charge in [0.05, 0.1) is 17.7 Å². The molecule has 3 heterocycles. The van der Waals surface area contributed by atoms with Crippen LogP contribution in [0, 0.1) is 6.92 Å². The number of aromatic nitrogens is 1. The van der Waals surface area contributed by atoms with E-state index in [1.54, 1.807) is 10.4 Å². The average Bonchev–Trinajstić information content (AvgIpc) is 3.37. The van der Waals surface area contributed by atoms with Crippen molar-refractivity contribution in [2.45, 2.75) is 38.6 Å². The Balaban J connectivity index is 1.24. The van der Waals surface area contributed by atoms with E-state index in [0.717, 1.165) is 50.3 Å². The number of amides is 3. The molecule has 0 saturated carbocycles. The largest absolute Gasteiger partial charge is 0.348 e. The first-order valence-corrected chi connectivity index (χ1v) is 11.5. The van der Waals surface area contributed by atoms with E-state index in [4.69, 9.17) is 0 Å². The van der Waals surface area contributed by atoms with Gasteiger partial charge in [0.1, 0.15) is 4.88 Å².